The molecular formula is C17H15N3OS. The lowest BCUT2D eigenvalue weighted by molar-refractivity contribution is -0.127. The second kappa shape index (κ2) is 6.54. The SMILES string of the molecule is N#C/C(=C\c1nccs1)C(=O)N1CCCc2ccccc2C1. The Morgan fingerprint density at radius 3 is 2.91 bits per heavy atom. The number of nitriles is 1. The van der Waals surface area contributed by atoms with Gasteiger partial charge in [-0.2, -0.15) is 5.26 Å². The molecule has 0 bridgehead atoms. The fourth-order valence-electron chi connectivity index (χ4n) is 2.62. The highest BCUT2D eigenvalue weighted by molar-refractivity contribution is 7.10. The first kappa shape index (κ1) is 14.5. The molecule has 1 amide bonds. The van der Waals surface area contributed by atoms with Gasteiger partial charge in [-0.3, -0.25) is 4.79 Å². The van der Waals surface area contributed by atoms with Crippen LogP contribution in [0.5, 0.6) is 0 Å². The maximum atomic E-state index is 12.6. The minimum atomic E-state index is -0.214. The summed E-state index contributed by atoms with van der Waals surface area (Å²) in [5.41, 5.74) is 2.61. The molecule has 1 aromatic carbocycles. The number of amides is 1. The minimum absolute atomic E-state index is 0.148. The summed E-state index contributed by atoms with van der Waals surface area (Å²) in [7, 11) is 0. The lowest BCUT2D eigenvalue weighted by atomic mass is 10.0. The van der Waals surface area contributed by atoms with Crippen molar-refractivity contribution in [3.8, 4) is 6.07 Å². The van der Waals surface area contributed by atoms with Crippen LogP contribution in [0.4, 0.5) is 0 Å². The highest BCUT2D eigenvalue weighted by Crippen LogP contribution is 2.20. The number of thiazole rings is 1. The number of carbonyl (C=O) groups is 1. The van der Waals surface area contributed by atoms with Gasteiger partial charge in [0.05, 0.1) is 0 Å². The van der Waals surface area contributed by atoms with Gasteiger partial charge in [0.2, 0.25) is 0 Å². The Hall–Kier alpha value is -2.45. The molecule has 0 aliphatic carbocycles. The molecule has 3 rings (SSSR count). The molecule has 5 heteroatoms. The zero-order chi connectivity index (χ0) is 15.4. The van der Waals surface area contributed by atoms with E-state index in [1.54, 1.807) is 17.2 Å². The van der Waals surface area contributed by atoms with Gasteiger partial charge < -0.3 is 4.90 Å². The van der Waals surface area contributed by atoms with E-state index in [9.17, 15) is 10.1 Å². The fourth-order valence-corrected chi connectivity index (χ4v) is 3.18. The summed E-state index contributed by atoms with van der Waals surface area (Å²) in [5, 5.41) is 11.8. The molecule has 0 spiro atoms. The molecule has 0 N–H and O–H groups in total. The van der Waals surface area contributed by atoms with Gasteiger partial charge >= 0.3 is 0 Å². The normalized spacial score (nSPS) is 14.9. The lowest BCUT2D eigenvalue weighted by Crippen LogP contribution is -2.31. The molecule has 0 saturated carbocycles. The maximum absolute atomic E-state index is 12.6. The molecule has 0 unspecified atom stereocenters. The molecule has 22 heavy (non-hydrogen) atoms. The molecule has 0 radical (unpaired) electrons. The first-order chi connectivity index (χ1) is 10.8. The molecule has 0 atom stereocenters. The van der Waals surface area contributed by atoms with Crippen LogP contribution in [0.25, 0.3) is 6.08 Å². The number of aryl methyl sites for hydroxylation is 1. The van der Waals surface area contributed by atoms with Gasteiger partial charge in [-0.1, -0.05) is 24.3 Å². The average molecular weight is 309 g/mol. The summed E-state index contributed by atoms with van der Waals surface area (Å²) < 4.78 is 0. The molecule has 2 aromatic rings. The second-order valence-electron chi connectivity index (χ2n) is 5.14. The number of rotatable bonds is 2. The van der Waals surface area contributed by atoms with Crippen molar-refractivity contribution in [3.63, 3.8) is 0 Å². The topological polar surface area (TPSA) is 57.0 Å². The number of fused-ring (bicyclic) bond motifs is 1. The van der Waals surface area contributed by atoms with E-state index in [1.807, 2.05) is 23.6 Å². The van der Waals surface area contributed by atoms with E-state index in [0.29, 0.717) is 18.1 Å². The second-order valence-corrected chi connectivity index (χ2v) is 6.07. The third kappa shape index (κ3) is 3.07. The van der Waals surface area contributed by atoms with Crippen molar-refractivity contribution in [1.29, 1.82) is 5.26 Å². The number of nitrogens with zero attached hydrogens (tertiary/aromatic N) is 3. The van der Waals surface area contributed by atoms with E-state index in [-0.39, 0.29) is 11.5 Å². The van der Waals surface area contributed by atoms with Crippen LogP contribution in [-0.2, 0) is 17.8 Å². The Morgan fingerprint density at radius 1 is 1.36 bits per heavy atom. The molecule has 1 aromatic heterocycles. The Morgan fingerprint density at radius 2 is 2.18 bits per heavy atom. The van der Waals surface area contributed by atoms with E-state index in [1.165, 1.54) is 22.5 Å². The highest BCUT2D eigenvalue weighted by Gasteiger charge is 2.22. The first-order valence-electron chi connectivity index (χ1n) is 7.15. The molecule has 0 fully saturated rings. The van der Waals surface area contributed by atoms with Crippen LogP contribution >= 0.6 is 11.3 Å². The third-order valence-electron chi connectivity index (χ3n) is 3.71. The zero-order valence-corrected chi connectivity index (χ0v) is 12.8. The third-order valence-corrected chi connectivity index (χ3v) is 4.43. The van der Waals surface area contributed by atoms with E-state index in [2.05, 4.69) is 17.1 Å². The largest absolute Gasteiger partial charge is 0.334 e. The predicted octanol–water partition coefficient (Wildman–Crippen LogP) is 3.03. The van der Waals surface area contributed by atoms with Crippen molar-refractivity contribution in [1.82, 2.24) is 9.88 Å². The van der Waals surface area contributed by atoms with Crippen LogP contribution in [0.3, 0.4) is 0 Å². The monoisotopic (exact) mass is 309 g/mol. The smallest absolute Gasteiger partial charge is 0.264 e. The van der Waals surface area contributed by atoms with E-state index in [0.717, 1.165) is 12.8 Å². The number of aromatic nitrogens is 1. The minimum Gasteiger partial charge on any atom is -0.334 e. The van der Waals surface area contributed by atoms with Crippen LogP contribution in [0.2, 0.25) is 0 Å². The van der Waals surface area contributed by atoms with Crippen LogP contribution in [0.15, 0.2) is 41.4 Å². The number of benzene rings is 1. The van der Waals surface area contributed by atoms with Gasteiger partial charge in [-0.05, 0) is 30.0 Å². The van der Waals surface area contributed by atoms with Crippen molar-refractivity contribution >= 4 is 23.3 Å². The molecule has 1 aliphatic heterocycles. The number of carbonyl (C=O) groups excluding carboxylic acids is 1. The van der Waals surface area contributed by atoms with Crippen molar-refractivity contribution in [2.75, 3.05) is 6.54 Å². The standard InChI is InChI=1S/C17H15N3OS/c18-11-15(10-16-19-7-9-22-16)17(21)20-8-3-6-13-4-1-2-5-14(13)12-20/h1-2,4-5,7,9-10H,3,6,8,12H2/b15-10+. The Kier molecular flexibility index (Phi) is 4.31. The van der Waals surface area contributed by atoms with Gasteiger partial charge in [0.15, 0.2) is 0 Å². The summed E-state index contributed by atoms with van der Waals surface area (Å²) in [6.45, 7) is 1.23. The van der Waals surface area contributed by atoms with Crippen molar-refractivity contribution < 1.29 is 4.79 Å². The Labute approximate surface area is 133 Å². The van der Waals surface area contributed by atoms with Gasteiger partial charge in [0, 0.05) is 24.7 Å². The summed E-state index contributed by atoms with van der Waals surface area (Å²) in [6, 6.07) is 10.2. The number of hydrogen-bond donors (Lipinski definition) is 0. The van der Waals surface area contributed by atoms with Gasteiger partial charge in [-0.15, -0.1) is 11.3 Å². The molecule has 110 valence electrons. The van der Waals surface area contributed by atoms with Crippen molar-refractivity contribution in [2.24, 2.45) is 0 Å². The van der Waals surface area contributed by atoms with Crippen LogP contribution in [-0.4, -0.2) is 22.3 Å². The average Bonchev–Trinajstić information content (AvgIpc) is 2.96. The van der Waals surface area contributed by atoms with Crippen molar-refractivity contribution in [3.05, 3.63) is 57.6 Å². The van der Waals surface area contributed by atoms with Gasteiger partial charge in [-0.25, -0.2) is 4.98 Å². The molecular weight excluding hydrogens is 294 g/mol. The summed E-state index contributed by atoms with van der Waals surface area (Å²) in [6.07, 6.45) is 5.12. The Bertz CT molecular complexity index is 744. The molecule has 2 heterocycles. The van der Waals surface area contributed by atoms with Crippen LogP contribution < -0.4 is 0 Å². The van der Waals surface area contributed by atoms with Gasteiger partial charge in [0.1, 0.15) is 16.6 Å². The first-order valence-corrected chi connectivity index (χ1v) is 8.03. The van der Waals surface area contributed by atoms with Crippen LogP contribution in [0, 0.1) is 11.3 Å². The highest BCUT2D eigenvalue weighted by atomic mass is 32.1. The Balaban J connectivity index is 1.84. The summed E-state index contributed by atoms with van der Waals surface area (Å²) in [4.78, 5) is 18.5. The summed E-state index contributed by atoms with van der Waals surface area (Å²) in [5.74, 6) is -0.214. The zero-order valence-electron chi connectivity index (χ0n) is 12.0. The fraction of sp³-hybridized carbons (Fsp3) is 0.235. The lowest BCUT2D eigenvalue weighted by Gasteiger charge is -2.20. The van der Waals surface area contributed by atoms with E-state index < -0.39 is 0 Å². The van der Waals surface area contributed by atoms with E-state index >= 15 is 0 Å². The quantitative estimate of drug-likeness (QED) is 0.633. The van der Waals surface area contributed by atoms with E-state index in [4.69, 9.17) is 0 Å². The molecule has 0 saturated heterocycles. The van der Waals surface area contributed by atoms with Gasteiger partial charge in [0.25, 0.3) is 5.91 Å². The summed E-state index contributed by atoms with van der Waals surface area (Å²) >= 11 is 1.41. The molecule has 4 nitrogen and oxygen atoms in total. The maximum Gasteiger partial charge on any atom is 0.264 e. The molecule has 1 aliphatic rings. The van der Waals surface area contributed by atoms with Crippen molar-refractivity contribution in [2.45, 2.75) is 19.4 Å². The number of hydrogen-bond acceptors (Lipinski definition) is 4. The predicted molar refractivity (Wildman–Crippen MR) is 85.9 cm³/mol. The van der Waals surface area contributed by atoms with Crippen LogP contribution in [0.1, 0.15) is 22.6 Å².